The first-order chi connectivity index (χ1) is 12.1. The Morgan fingerprint density at radius 2 is 2.08 bits per heavy atom. The minimum Gasteiger partial charge on any atom is -0.268 e. The molecule has 126 valence electrons. The number of hydrogen-bond donors (Lipinski definition) is 0. The summed E-state index contributed by atoms with van der Waals surface area (Å²) >= 11 is 6.25. The smallest absolute Gasteiger partial charge is 0.268 e. The summed E-state index contributed by atoms with van der Waals surface area (Å²) < 4.78 is 14.4. The minimum atomic E-state index is -1.09. The maximum absolute atomic E-state index is 13.0. The molecule has 10 heteroatoms. The van der Waals surface area contributed by atoms with Crippen LogP contribution in [0.3, 0.4) is 0 Å². The molecule has 1 unspecified atom stereocenters. The first kappa shape index (κ1) is 15.9. The van der Waals surface area contributed by atoms with E-state index in [4.69, 9.17) is 11.6 Å². The van der Waals surface area contributed by atoms with Gasteiger partial charge in [0.1, 0.15) is 17.5 Å². The van der Waals surface area contributed by atoms with Crippen molar-refractivity contribution in [1.82, 2.24) is 29.1 Å². The highest BCUT2D eigenvalue weighted by Gasteiger charge is 2.17. The van der Waals surface area contributed by atoms with Crippen LogP contribution in [-0.4, -0.2) is 39.6 Å². The molecule has 0 fully saturated rings. The highest BCUT2D eigenvalue weighted by Crippen LogP contribution is 2.21. The lowest BCUT2D eigenvalue weighted by Gasteiger charge is -2.11. The molecule has 3 aromatic heterocycles. The van der Waals surface area contributed by atoms with Crippen LogP contribution in [0.1, 0.15) is 5.82 Å². The van der Waals surface area contributed by atoms with Gasteiger partial charge < -0.3 is 0 Å². The largest absolute Gasteiger partial charge is 0.270 e. The molecule has 0 aliphatic rings. The Morgan fingerprint density at radius 3 is 2.84 bits per heavy atom. The Balaban J connectivity index is 2.11. The van der Waals surface area contributed by atoms with Crippen molar-refractivity contribution in [3.8, 4) is 5.69 Å². The van der Waals surface area contributed by atoms with Gasteiger partial charge in [-0.3, -0.25) is 9.00 Å². The summed E-state index contributed by atoms with van der Waals surface area (Å²) in [7, 11) is -1.09. The maximum Gasteiger partial charge on any atom is 0.270 e. The first-order valence-electron chi connectivity index (χ1n) is 7.21. The fraction of sp³-hybridized carbons (Fsp3) is 0.133. The van der Waals surface area contributed by atoms with Crippen LogP contribution in [0, 0.1) is 0 Å². The number of benzene rings is 1. The van der Waals surface area contributed by atoms with Crippen LogP contribution < -0.4 is 5.56 Å². The third-order valence-corrected chi connectivity index (χ3v) is 4.62. The second-order valence-electron chi connectivity index (χ2n) is 5.33. The van der Waals surface area contributed by atoms with E-state index in [-0.39, 0.29) is 22.5 Å². The van der Waals surface area contributed by atoms with E-state index in [0.717, 1.165) is 0 Å². The molecular weight excluding hydrogens is 364 g/mol. The predicted octanol–water partition coefficient (Wildman–Crippen LogP) is 1.36. The summed E-state index contributed by atoms with van der Waals surface area (Å²) in [6, 6.07) is 6.97. The number of halogens is 1. The molecule has 0 bridgehead atoms. The number of aromatic nitrogens is 6. The van der Waals surface area contributed by atoms with Gasteiger partial charge in [-0.05, 0) is 12.1 Å². The molecule has 0 radical (unpaired) electrons. The highest BCUT2D eigenvalue weighted by molar-refractivity contribution is 7.83. The van der Waals surface area contributed by atoms with Gasteiger partial charge in [0.25, 0.3) is 5.56 Å². The second-order valence-corrected chi connectivity index (χ2v) is 7.18. The van der Waals surface area contributed by atoms with E-state index < -0.39 is 10.8 Å². The molecule has 4 aromatic rings. The quantitative estimate of drug-likeness (QED) is 0.537. The number of para-hydroxylation sites is 1. The van der Waals surface area contributed by atoms with Crippen molar-refractivity contribution >= 4 is 39.2 Å². The van der Waals surface area contributed by atoms with E-state index in [1.165, 1.54) is 17.1 Å². The van der Waals surface area contributed by atoms with Gasteiger partial charge in [-0.25, -0.2) is 18.9 Å². The summed E-state index contributed by atoms with van der Waals surface area (Å²) in [4.78, 5) is 21.5. The molecule has 4 rings (SSSR count). The van der Waals surface area contributed by atoms with Gasteiger partial charge in [0.2, 0.25) is 5.78 Å². The zero-order valence-corrected chi connectivity index (χ0v) is 14.5. The zero-order chi connectivity index (χ0) is 17.6. The summed E-state index contributed by atoms with van der Waals surface area (Å²) in [6.07, 6.45) is 4.46. The molecule has 0 N–H and O–H groups in total. The van der Waals surface area contributed by atoms with Crippen LogP contribution in [-0.2, 0) is 16.6 Å². The Hall–Kier alpha value is -2.65. The van der Waals surface area contributed by atoms with Crippen molar-refractivity contribution < 1.29 is 4.21 Å². The molecule has 8 nitrogen and oxygen atoms in total. The Morgan fingerprint density at radius 1 is 1.28 bits per heavy atom. The lowest BCUT2D eigenvalue weighted by Crippen LogP contribution is -2.23. The Labute approximate surface area is 148 Å². The summed E-state index contributed by atoms with van der Waals surface area (Å²) in [5.74, 6) is 0.874. The zero-order valence-electron chi connectivity index (χ0n) is 13.0. The molecule has 0 aliphatic carbocycles. The van der Waals surface area contributed by atoms with Crippen molar-refractivity contribution in [2.45, 2.75) is 5.75 Å². The molecule has 25 heavy (non-hydrogen) atoms. The third-order valence-electron chi connectivity index (χ3n) is 3.64. The van der Waals surface area contributed by atoms with E-state index in [9.17, 15) is 9.00 Å². The number of fused-ring (bicyclic) bond motifs is 3. The van der Waals surface area contributed by atoms with Gasteiger partial charge in [0, 0.05) is 23.3 Å². The van der Waals surface area contributed by atoms with E-state index in [2.05, 4.69) is 20.2 Å². The average molecular weight is 375 g/mol. The van der Waals surface area contributed by atoms with E-state index in [0.29, 0.717) is 22.2 Å². The van der Waals surface area contributed by atoms with E-state index >= 15 is 0 Å². The van der Waals surface area contributed by atoms with Gasteiger partial charge in [-0.1, -0.05) is 23.7 Å². The number of nitrogens with zero attached hydrogens (tertiary/aromatic N) is 6. The molecular formula is C15H11ClN6O2S. The van der Waals surface area contributed by atoms with Crippen LogP contribution in [0.25, 0.3) is 22.5 Å². The van der Waals surface area contributed by atoms with Gasteiger partial charge in [-0.15, -0.1) is 10.2 Å². The fourth-order valence-corrected chi connectivity index (χ4v) is 3.31. The van der Waals surface area contributed by atoms with Crippen LogP contribution in [0.15, 0.2) is 41.6 Å². The Kier molecular flexibility index (Phi) is 3.81. The van der Waals surface area contributed by atoms with Gasteiger partial charge in [0.05, 0.1) is 16.5 Å². The molecule has 3 heterocycles. The topological polar surface area (TPSA) is 95.0 Å². The molecule has 0 amide bonds. The standard InChI is InChI=1S/C15H11ClN6O2S/c1-25(24)7-12-17-6-9-13(19-12)21-8-18-20-15(21)22(14(9)23)11-5-3-2-4-10(11)16/h2-6,8H,7H2,1H3. The van der Waals surface area contributed by atoms with Crippen LogP contribution in [0.2, 0.25) is 5.02 Å². The number of rotatable bonds is 3. The van der Waals surface area contributed by atoms with Gasteiger partial charge >= 0.3 is 0 Å². The summed E-state index contributed by atoms with van der Waals surface area (Å²) in [6.45, 7) is 0. The normalized spacial score (nSPS) is 12.7. The SMILES string of the molecule is CS(=O)Cc1ncc2c(=O)n(-c3ccccc3Cl)c3nncn3c2n1. The second kappa shape index (κ2) is 6.01. The van der Waals surface area contributed by atoms with Gasteiger partial charge in [0.15, 0.2) is 5.65 Å². The molecule has 0 saturated carbocycles. The first-order valence-corrected chi connectivity index (χ1v) is 9.32. The minimum absolute atomic E-state index is 0.202. The summed E-state index contributed by atoms with van der Waals surface area (Å²) in [5.41, 5.74) is 0.504. The fourth-order valence-electron chi connectivity index (χ4n) is 2.59. The van der Waals surface area contributed by atoms with Crippen LogP contribution in [0.4, 0.5) is 0 Å². The Bertz CT molecular complexity index is 1200. The van der Waals surface area contributed by atoms with Crippen molar-refractivity contribution in [3.63, 3.8) is 0 Å². The van der Waals surface area contributed by atoms with E-state index in [1.807, 2.05) is 0 Å². The van der Waals surface area contributed by atoms with Crippen molar-refractivity contribution in [2.75, 3.05) is 6.26 Å². The lowest BCUT2D eigenvalue weighted by molar-refractivity contribution is 0.685. The molecule has 0 spiro atoms. The third kappa shape index (κ3) is 2.61. The number of hydrogen-bond acceptors (Lipinski definition) is 6. The van der Waals surface area contributed by atoms with E-state index in [1.54, 1.807) is 34.9 Å². The van der Waals surface area contributed by atoms with Crippen LogP contribution in [0.5, 0.6) is 0 Å². The van der Waals surface area contributed by atoms with Gasteiger partial charge in [-0.2, -0.15) is 0 Å². The average Bonchev–Trinajstić information content (AvgIpc) is 3.05. The predicted molar refractivity (Wildman–Crippen MR) is 94.5 cm³/mol. The molecule has 0 saturated heterocycles. The molecule has 1 atom stereocenters. The lowest BCUT2D eigenvalue weighted by atomic mass is 10.3. The van der Waals surface area contributed by atoms with Crippen molar-refractivity contribution in [3.05, 3.63) is 58.0 Å². The molecule has 1 aromatic carbocycles. The van der Waals surface area contributed by atoms with Crippen LogP contribution >= 0.6 is 11.6 Å². The highest BCUT2D eigenvalue weighted by atomic mass is 35.5. The van der Waals surface area contributed by atoms with Crippen molar-refractivity contribution in [2.24, 2.45) is 0 Å². The summed E-state index contributed by atoms with van der Waals surface area (Å²) in [5, 5.41) is 8.62. The molecule has 0 aliphatic heterocycles. The maximum atomic E-state index is 13.0. The van der Waals surface area contributed by atoms with Crippen molar-refractivity contribution in [1.29, 1.82) is 0 Å². The monoisotopic (exact) mass is 374 g/mol.